The van der Waals surface area contributed by atoms with Crippen molar-refractivity contribution < 1.29 is 9.53 Å². The number of benzene rings is 1. The monoisotopic (exact) mass is 308 g/mol. The molecular weight excluding hydrogens is 292 g/mol. The summed E-state index contributed by atoms with van der Waals surface area (Å²) in [6.45, 7) is 5.77. The van der Waals surface area contributed by atoms with Gasteiger partial charge < -0.3 is 4.74 Å². The second-order valence-electron chi connectivity index (χ2n) is 3.99. The Labute approximate surface area is 116 Å². The molecule has 0 fully saturated rings. The first-order chi connectivity index (χ1) is 8.56. The number of esters is 1. The molecule has 0 unspecified atom stereocenters. The molecule has 0 bridgehead atoms. The van der Waals surface area contributed by atoms with E-state index < -0.39 is 0 Å². The number of rotatable bonds is 5. The lowest BCUT2D eigenvalue weighted by Gasteiger charge is -2.07. The van der Waals surface area contributed by atoms with Gasteiger partial charge in [0.15, 0.2) is 0 Å². The fraction of sp³-hybridized carbons (Fsp3) is 0.267. The molecule has 0 aliphatic rings. The zero-order chi connectivity index (χ0) is 13.5. The van der Waals surface area contributed by atoms with Crippen LogP contribution in [0, 0.1) is 0 Å². The highest BCUT2D eigenvalue weighted by Gasteiger charge is 2.08. The summed E-state index contributed by atoms with van der Waals surface area (Å²) in [5.74, 6) is -0.340. The Balaban J connectivity index is 2.67. The van der Waals surface area contributed by atoms with Crippen LogP contribution in [0.15, 0.2) is 47.0 Å². The quantitative estimate of drug-likeness (QED) is 0.598. The van der Waals surface area contributed by atoms with Gasteiger partial charge in [-0.05, 0) is 35.4 Å². The first kappa shape index (κ1) is 14.7. The molecule has 2 nitrogen and oxygen atoms in total. The smallest absolute Gasteiger partial charge is 0.333 e. The molecule has 96 valence electrons. The normalized spacial score (nSPS) is 11.7. The number of halogens is 1. The van der Waals surface area contributed by atoms with Gasteiger partial charge in [0.25, 0.3) is 0 Å². The highest BCUT2D eigenvalue weighted by Crippen LogP contribution is 2.27. The molecule has 0 aliphatic heterocycles. The van der Waals surface area contributed by atoms with Gasteiger partial charge in [-0.2, -0.15) is 0 Å². The van der Waals surface area contributed by atoms with Crippen LogP contribution >= 0.6 is 15.9 Å². The molecular formula is C15H17BrO2. The standard InChI is InChI=1S/C15H17BrO2/c1-11(15(17)18-3)9-10-14(16)12(2)13-7-5-4-6-8-13/h4-8H,1,9-10H2,2-3H3/b14-12+. The van der Waals surface area contributed by atoms with Gasteiger partial charge in [-0.25, -0.2) is 4.79 Å². The van der Waals surface area contributed by atoms with E-state index in [1.165, 1.54) is 18.2 Å². The average Bonchev–Trinajstić information content (AvgIpc) is 2.43. The molecule has 0 amide bonds. The summed E-state index contributed by atoms with van der Waals surface area (Å²) in [6, 6.07) is 10.1. The van der Waals surface area contributed by atoms with Gasteiger partial charge in [-0.3, -0.25) is 0 Å². The van der Waals surface area contributed by atoms with Gasteiger partial charge in [-0.15, -0.1) is 0 Å². The first-order valence-electron chi connectivity index (χ1n) is 5.73. The van der Waals surface area contributed by atoms with Crippen LogP contribution in [-0.2, 0) is 9.53 Å². The van der Waals surface area contributed by atoms with Crippen LogP contribution < -0.4 is 0 Å². The summed E-state index contributed by atoms with van der Waals surface area (Å²) < 4.78 is 5.70. The molecule has 0 saturated heterocycles. The van der Waals surface area contributed by atoms with E-state index in [2.05, 4.69) is 46.3 Å². The molecule has 1 aromatic carbocycles. The van der Waals surface area contributed by atoms with E-state index in [-0.39, 0.29) is 5.97 Å². The van der Waals surface area contributed by atoms with E-state index in [9.17, 15) is 4.79 Å². The van der Waals surface area contributed by atoms with Gasteiger partial charge in [0.2, 0.25) is 0 Å². The van der Waals surface area contributed by atoms with Crippen molar-refractivity contribution in [1.82, 2.24) is 0 Å². The van der Waals surface area contributed by atoms with Gasteiger partial charge in [0.05, 0.1) is 7.11 Å². The first-order valence-corrected chi connectivity index (χ1v) is 6.52. The van der Waals surface area contributed by atoms with E-state index >= 15 is 0 Å². The summed E-state index contributed by atoms with van der Waals surface area (Å²) in [5.41, 5.74) is 2.84. The second kappa shape index (κ2) is 7.17. The number of carbonyl (C=O) groups is 1. The molecule has 0 heterocycles. The average molecular weight is 309 g/mol. The fourth-order valence-corrected chi connectivity index (χ4v) is 1.97. The van der Waals surface area contributed by atoms with Crippen molar-refractivity contribution in [3.05, 3.63) is 52.5 Å². The van der Waals surface area contributed by atoms with E-state index in [0.717, 1.165) is 10.9 Å². The summed E-state index contributed by atoms with van der Waals surface area (Å²) >= 11 is 3.57. The van der Waals surface area contributed by atoms with Gasteiger partial charge in [-0.1, -0.05) is 52.8 Å². The summed E-state index contributed by atoms with van der Waals surface area (Å²) in [7, 11) is 1.37. The lowest BCUT2D eigenvalue weighted by Crippen LogP contribution is -2.03. The minimum atomic E-state index is -0.340. The molecule has 1 aromatic rings. The van der Waals surface area contributed by atoms with Crippen LogP contribution in [0.25, 0.3) is 5.57 Å². The number of methoxy groups -OCH3 is 1. The van der Waals surface area contributed by atoms with Crippen LogP contribution in [0.2, 0.25) is 0 Å². The predicted molar refractivity (Wildman–Crippen MR) is 78.4 cm³/mol. The third kappa shape index (κ3) is 4.15. The topological polar surface area (TPSA) is 26.3 Å². The molecule has 0 atom stereocenters. The number of allylic oxidation sites excluding steroid dienone is 2. The molecule has 0 aliphatic carbocycles. The fourth-order valence-electron chi connectivity index (χ4n) is 1.54. The highest BCUT2D eigenvalue weighted by atomic mass is 79.9. The minimum Gasteiger partial charge on any atom is -0.466 e. The van der Waals surface area contributed by atoms with Crippen LogP contribution in [0.4, 0.5) is 0 Å². The van der Waals surface area contributed by atoms with Crippen molar-refractivity contribution in [3.8, 4) is 0 Å². The Kier molecular flexibility index (Phi) is 5.86. The van der Waals surface area contributed by atoms with E-state index in [0.29, 0.717) is 12.0 Å². The van der Waals surface area contributed by atoms with E-state index in [4.69, 9.17) is 0 Å². The zero-order valence-corrected chi connectivity index (χ0v) is 12.3. The lowest BCUT2D eigenvalue weighted by atomic mass is 10.0. The summed E-state index contributed by atoms with van der Waals surface area (Å²) in [4.78, 5) is 11.2. The van der Waals surface area contributed by atoms with Gasteiger partial charge in [0, 0.05) is 5.57 Å². The Bertz CT molecular complexity index is 461. The lowest BCUT2D eigenvalue weighted by molar-refractivity contribution is -0.136. The SMILES string of the molecule is C=C(CC/C(Br)=C(/C)c1ccccc1)C(=O)OC. The van der Waals surface area contributed by atoms with E-state index in [1.54, 1.807) is 0 Å². The molecule has 0 aromatic heterocycles. The molecule has 0 saturated carbocycles. The highest BCUT2D eigenvalue weighted by molar-refractivity contribution is 9.11. The van der Waals surface area contributed by atoms with Crippen molar-refractivity contribution in [1.29, 1.82) is 0 Å². The Morgan fingerprint density at radius 3 is 2.44 bits per heavy atom. The van der Waals surface area contributed by atoms with Crippen molar-refractivity contribution >= 4 is 27.5 Å². The molecule has 1 rings (SSSR count). The third-order valence-corrected chi connectivity index (χ3v) is 3.73. The van der Waals surface area contributed by atoms with Gasteiger partial charge >= 0.3 is 5.97 Å². The molecule has 3 heteroatoms. The predicted octanol–water partition coefficient (Wildman–Crippen LogP) is 4.32. The second-order valence-corrected chi connectivity index (χ2v) is 4.95. The van der Waals surface area contributed by atoms with Gasteiger partial charge in [0.1, 0.15) is 0 Å². The number of carbonyl (C=O) groups excluding carboxylic acids is 1. The number of hydrogen-bond donors (Lipinski definition) is 0. The van der Waals surface area contributed by atoms with Crippen LogP contribution in [0.1, 0.15) is 25.3 Å². The molecule has 0 radical (unpaired) electrons. The van der Waals surface area contributed by atoms with Crippen LogP contribution in [0.5, 0.6) is 0 Å². The van der Waals surface area contributed by atoms with Crippen molar-refractivity contribution in [3.63, 3.8) is 0 Å². The largest absolute Gasteiger partial charge is 0.466 e. The maximum atomic E-state index is 11.2. The zero-order valence-electron chi connectivity index (χ0n) is 10.7. The summed E-state index contributed by atoms with van der Waals surface area (Å²) in [6.07, 6.45) is 1.34. The summed E-state index contributed by atoms with van der Waals surface area (Å²) in [5, 5.41) is 0. The van der Waals surface area contributed by atoms with Crippen molar-refractivity contribution in [2.75, 3.05) is 7.11 Å². The van der Waals surface area contributed by atoms with Crippen LogP contribution in [0.3, 0.4) is 0 Å². The number of hydrogen-bond acceptors (Lipinski definition) is 2. The molecule has 18 heavy (non-hydrogen) atoms. The Morgan fingerprint density at radius 1 is 1.28 bits per heavy atom. The third-order valence-electron chi connectivity index (χ3n) is 2.73. The number of ether oxygens (including phenoxy) is 1. The maximum absolute atomic E-state index is 11.2. The minimum absolute atomic E-state index is 0.340. The van der Waals surface area contributed by atoms with E-state index in [1.807, 2.05) is 18.2 Å². The molecule has 0 N–H and O–H groups in total. The van der Waals surface area contributed by atoms with Crippen molar-refractivity contribution in [2.45, 2.75) is 19.8 Å². The Hall–Kier alpha value is -1.35. The van der Waals surface area contributed by atoms with Crippen molar-refractivity contribution in [2.24, 2.45) is 0 Å². The maximum Gasteiger partial charge on any atom is 0.333 e. The van der Waals surface area contributed by atoms with Crippen LogP contribution in [-0.4, -0.2) is 13.1 Å². The Morgan fingerprint density at radius 2 is 1.89 bits per heavy atom. The molecule has 0 spiro atoms.